The Morgan fingerprint density at radius 1 is 1.38 bits per heavy atom. The quantitative estimate of drug-likeness (QED) is 0.471. The Morgan fingerprint density at radius 2 is 2.08 bits per heavy atom. The smallest absolute Gasteiger partial charge is 0.348 e. The van der Waals surface area contributed by atoms with Crippen molar-refractivity contribution < 1.29 is 24.2 Å². The molecule has 0 bridgehead atoms. The summed E-state index contributed by atoms with van der Waals surface area (Å²) >= 11 is 0. The molecule has 0 aromatic rings. The first-order valence-electron chi connectivity index (χ1n) is 9.53. The van der Waals surface area contributed by atoms with Gasteiger partial charge in [0.2, 0.25) is 0 Å². The molecular formula is C21H30O5. The van der Waals surface area contributed by atoms with Gasteiger partial charge in [0.05, 0.1) is 7.11 Å². The summed E-state index contributed by atoms with van der Waals surface area (Å²) in [5.41, 5.74) is 0.989. The SMILES string of the molecule is C=C1CCCC2[C@](C)(CC(=O)C3=C(OC)C(O)OC3=O)[C@@H](C)CC[C@]12C. The van der Waals surface area contributed by atoms with E-state index in [-0.39, 0.29) is 34.4 Å². The molecule has 3 rings (SSSR count). The van der Waals surface area contributed by atoms with Gasteiger partial charge in [-0.25, -0.2) is 4.79 Å². The van der Waals surface area contributed by atoms with Crippen molar-refractivity contribution in [3.05, 3.63) is 23.5 Å². The maximum Gasteiger partial charge on any atom is 0.348 e. The van der Waals surface area contributed by atoms with Crippen molar-refractivity contribution in [3.63, 3.8) is 0 Å². The molecule has 1 aliphatic heterocycles. The molecule has 26 heavy (non-hydrogen) atoms. The average molecular weight is 362 g/mol. The van der Waals surface area contributed by atoms with Gasteiger partial charge in [-0.05, 0) is 54.8 Å². The molecule has 5 heteroatoms. The van der Waals surface area contributed by atoms with Gasteiger partial charge < -0.3 is 14.6 Å². The standard InChI is InChI=1S/C21H30O5/c1-12-7-6-8-15-20(12,3)10-9-13(2)21(15,4)11-14(22)16-17(25-5)19(24)26-18(16)23/h13,15,19,24H,1,6-11H2,2-5H3/t13-,15?,19?,20+,21+/m0/s1. The number of rotatable bonds is 4. The van der Waals surface area contributed by atoms with Crippen LogP contribution in [-0.2, 0) is 19.1 Å². The number of methoxy groups -OCH3 is 1. The third-order valence-electron chi connectivity index (χ3n) is 7.50. The Bertz CT molecular complexity index is 678. The molecule has 2 unspecified atom stereocenters. The van der Waals surface area contributed by atoms with Gasteiger partial charge in [0.1, 0.15) is 5.57 Å². The van der Waals surface area contributed by atoms with Crippen LogP contribution in [0.5, 0.6) is 0 Å². The second kappa shape index (κ2) is 6.52. The number of Topliss-reactive ketones (excluding diaryl/α,β-unsaturated/α-hetero) is 1. The van der Waals surface area contributed by atoms with Crippen LogP contribution in [-0.4, -0.2) is 30.3 Å². The normalized spacial score (nSPS) is 40.3. The highest BCUT2D eigenvalue weighted by Gasteiger charge is 2.55. The van der Waals surface area contributed by atoms with Gasteiger partial charge in [0, 0.05) is 6.42 Å². The number of fused-ring (bicyclic) bond motifs is 1. The predicted octanol–water partition coefficient (Wildman–Crippen LogP) is 3.52. The highest BCUT2D eigenvalue weighted by atomic mass is 16.7. The minimum absolute atomic E-state index is 0.0496. The van der Waals surface area contributed by atoms with Crippen LogP contribution in [0.25, 0.3) is 0 Å². The van der Waals surface area contributed by atoms with Crippen molar-refractivity contribution in [1.29, 1.82) is 0 Å². The van der Waals surface area contributed by atoms with Crippen molar-refractivity contribution in [1.82, 2.24) is 0 Å². The zero-order valence-corrected chi connectivity index (χ0v) is 16.3. The fourth-order valence-corrected chi connectivity index (χ4v) is 5.59. The zero-order valence-electron chi connectivity index (χ0n) is 16.3. The molecule has 144 valence electrons. The molecule has 0 spiro atoms. The second-order valence-electron chi connectivity index (χ2n) is 8.71. The maximum atomic E-state index is 13.1. The van der Waals surface area contributed by atoms with E-state index >= 15 is 0 Å². The molecule has 2 fully saturated rings. The van der Waals surface area contributed by atoms with Gasteiger partial charge in [-0.2, -0.15) is 0 Å². The first-order chi connectivity index (χ1) is 12.1. The Labute approximate surface area is 155 Å². The summed E-state index contributed by atoms with van der Waals surface area (Å²) in [4.78, 5) is 25.1. The van der Waals surface area contributed by atoms with E-state index in [4.69, 9.17) is 9.47 Å². The number of ether oxygens (including phenoxy) is 2. The zero-order chi connectivity index (χ0) is 19.3. The van der Waals surface area contributed by atoms with E-state index in [1.165, 1.54) is 12.7 Å². The second-order valence-corrected chi connectivity index (χ2v) is 8.71. The van der Waals surface area contributed by atoms with Crippen LogP contribution in [0.15, 0.2) is 23.5 Å². The van der Waals surface area contributed by atoms with Crippen LogP contribution < -0.4 is 0 Å². The molecule has 3 aliphatic rings. The van der Waals surface area contributed by atoms with Crippen LogP contribution >= 0.6 is 0 Å². The number of carbonyl (C=O) groups is 2. The lowest BCUT2D eigenvalue weighted by Gasteiger charge is -2.58. The molecule has 1 N–H and O–H groups in total. The lowest BCUT2D eigenvalue weighted by Crippen LogP contribution is -2.51. The van der Waals surface area contributed by atoms with E-state index in [1.807, 2.05) is 0 Å². The fraction of sp³-hybridized carbons (Fsp3) is 0.714. The lowest BCUT2D eigenvalue weighted by atomic mass is 9.46. The Hall–Kier alpha value is -1.62. The summed E-state index contributed by atoms with van der Waals surface area (Å²) in [5, 5.41) is 9.77. The summed E-state index contributed by atoms with van der Waals surface area (Å²) in [7, 11) is 1.33. The van der Waals surface area contributed by atoms with Gasteiger partial charge in [0.15, 0.2) is 11.5 Å². The van der Waals surface area contributed by atoms with Gasteiger partial charge in [-0.3, -0.25) is 4.79 Å². The molecular weight excluding hydrogens is 332 g/mol. The summed E-state index contributed by atoms with van der Waals surface area (Å²) in [5.74, 6) is -0.425. The number of esters is 1. The third kappa shape index (κ3) is 2.72. The minimum Gasteiger partial charge on any atom is -0.494 e. The summed E-state index contributed by atoms with van der Waals surface area (Å²) in [6, 6.07) is 0. The highest BCUT2D eigenvalue weighted by molar-refractivity contribution is 6.19. The van der Waals surface area contributed by atoms with Gasteiger partial charge >= 0.3 is 5.97 Å². The number of aliphatic hydroxyl groups is 1. The van der Waals surface area contributed by atoms with Crippen molar-refractivity contribution >= 4 is 11.8 Å². The fourth-order valence-electron chi connectivity index (χ4n) is 5.59. The van der Waals surface area contributed by atoms with E-state index in [0.29, 0.717) is 11.8 Å². The number of carbonyl (C=O) groups excluding carboxylic acids is 2. The van der Waals surface area contributed by atoms with Crippen molar-refractivity contribution in [2.24, 2.45) is 22.7 Å². The number of cyclic esters (lactones) is 1. The molecule has 5 nitrogen and oxygen atoms in total. The van der Waals surface area contributed by atoms with Crippen molar-refractivity contribution in [2.75, 3.05) is 7.11 Å². The summed E-state index contributed by atoms with van der Waals surface area (Å²) < 4.78 is 9.84. The van der Waals surface area contributed by atoms with E-state index in [1.54, 1.807) is 0 Å². The van der Waals surface area contributed by atoms with E-state index in [9.17, 15) is 14.7 Å². The molecule has 0 aromatic carbocycles. The molecule has 1 heterocycles. The number of aliphatic hydroxyl groups excluding tert-OH is 1. The molecule has 0 radical (unpaired) electrons. The molecule has 2 saturated carbocycles. The highest BCUT2D eigenvalue weighted by Crippen LogP contribution is 2.62. The monoisotopic (exact) mass is 362 g/mol. The third-order valence-corrected chi connectivity index (χ3v) is 7.50. The van der Waals surface area contributed by atoms with Crippen LogP contribution in [0.3, 0.4) is 0 Å². The lowest BCUT2D eigenvalue weighted by molar-refractivity contribution is -0.154. The van der Waals surface area contributed by atoms with Crippen LogP contribution in [0.4, 0.5) is 0 Å². The number of hydrogen-bond acceptors (Lipinski definition) is 5. The van der Waals surface area contributed by atoms with E-state index in [0.717, 1.165) is 32.1 Å². The molecule has 0 amide bonds. The Balaban J connectivity index is 1.94. The van der Waals surface area contributed by atoms with Crippen molar-refractivity contribution in [3.8, 4) is 0 Å². The van der Waals surface area contributed by atoms with Crippen LogP contribution in [0, 0.1) is 22.7 Å². The van der Waals surface area contributed by atoms with E-state index < -0.39 is 12.3 Å². The number of allylic oxidation sites excluding steroid dienone is 1. The first-order valence-corrected chi connectivity index (χ1v) is 9.53. The summed E-state index contributed by atoms with van der Waals surface area (Å²) in [6.07, 6.45) is 4.15. The Morgan fingerprint density at radius 3 is 2.73 bits per heavy atom. The van der Waals surface area contributed by atoms with Gasteiger partial charge in [-0.15, -0.1) is 0 Å². The number of ketones is 1. The topological polar surface area (TPSA) is 72.8 Å². The average Bonchev–Trinajstić information content (AvgIpc) is 2.87. The van der Waals surface area contributed by atoms with Crippen LogP contribution in [0.2, 0.25) is 0 Å². The largest absolute Gasteiger partial charge is 0.494 e. The molecule has 2 aliphatic carbocycles. The predicted molar refractivity (Wildman–Crippen MR) is 96.9 cm³/mol. The van der Waals surface area contributed by atoms with Gasteiger partial charge in [0.25, 0.3) is 6.29 Å². The van der Waals surface area contributed by atoms with Crippen molar-refractivity contribution in [2.45, 2.75) is 65.6 Å². The Kier molecular flexibility index (Phi) is 4.80. The maximum absolute atomic E-state index is 13.1. The van der Waals surface area contributed by atoms with E-state index in [2.05, 4.69) is 27.4 Å². The van der Waals surface area contributed by atoms with Crippen LogP contribution in [0.1, 0.15) is 59.3 Å². The minimum atomic E-state index is -1.48. The first kappa shape index (κ1) is 19.2. The molecule has 5 atom stereocenters. The summed E-state index contributed by atoms with van der Waals surface area (Å²) in [6.45, 7) is 11.0. The number of hydrogen-bond donors (Lipinski definition) is 1. The molecule has 0 aromatic heterocycles. The molecule has 0 saturated heterocycles. The van der Waals surface area contributed by atoms with Gasteiger partial charge in [-0.1, -0.05) is 32.9 Å².